The predicted molar refractivity (Wildman–Crippen MR) is 74.4 cm³/mol. The summed E-state index contributed by atoms with van der Waals surface area (Å²) in [5.41, 5.74) is 2.54. The number of nitrogens with zero attached hydrogens (tertiary/aromatic N) is 1. The standard InChI is InChI=1S/C14H20N2O3/c1-16(7-2-3-9-17)8-6-11-4-5-13-12(10-11)15-14(18)19-13/h4-5,10,17H,2-3,6-9H2,1H3,(H,15,18). The smallest absolute Gasteiger partial charge is 0.408 e. The Labute approximate surface area is 111 Å². The molecule has 0 fully saturated rings. The second kappa shape index (κ2) is 6.54. The van der Waals surface area contributed by atoms with Crippen LogP contribution in [-0.4, -0.2) is 41.7 Å². The number of aliphatic hydroxyl groups is 1. The first-order chi connectivity index (χ1) is 9.19. The lowest BCUT2D eigenvalue weighted by molar-refractivity contribution is 0.264. The van der Waals surface area contributed by atoms with E-state index in [1.54, 1.807) is 0 Å². The maximum Gasteiger partial charge on any atom is 0.417 e. The summed E-state index contributed by atoms with van der Waals surface area (Å²) < 4.78 is 4.97. The monoisotopic (exact) mass is 264 g/mol. The Morgan fingerprint density at radius 2 is 2.16 bits per heavy atom. The zero-order valence-corrected chi connectivity index (χ0v) is 11.2. The quantitative estimate of drug-likeness (QED) is 0.741. The fourth-order valence-electron chi connectivity index (χ4n) is 2.08. The number of H-pyrrole nitrogens is 1. The first-order valence-electron chi connectivity index (χ1n) is 6.60. The van der Waals surface area contributed by atoms with Crippen LogP contribution in [0, 0.1) is 0 Å². The summed E-state index contributed by atoms with van der Waals surface area (Å²) in [5, 5.41) is 8.73. The fraction of sp³-hybridized carbons (Fsp3) is 0.500. The molecule has 1 heterocycles. The Balaban J connectivity index is 1.88. The minimum absolute atomic E-state index is 0.262. The summed E-state index contributed by atoms with van der Waals surface area (Å²) in [4.78, 5) is 16.0. The Bertz CT molecular complexity index is 573. The molecule has 5 heteroatoms. The molecule has 104 valence electrons. The number of unbranched alkanes of at least 4 members (excludes halogenated alkanes) is 1. The molecule has 1 aromatic carbocycles. The van der Waals surface area contributed by atoms with Gasteiger partial charge in [-0.3, -0.25) is 4.98 Å². The number of rotatable bonds is 7. The van der Waals surface area contributed by atoms with Crippen LogP contribution in [0.3, 0.4) is 0 Å². The van der Waals surface area contributed by atoms with Gasteiger partial charge in [-0.05, 0) is 50.6 Å². The lowest BCUT2D eigenvalue weighted by Gasteiger charge is -2.16. The van der Waals surface area contributed by atoms with Gasteiger partial charge in [0.25, 0.3) is 0 Å². The van der Waals surface area contributed by atoms with Crippen molar-refractivity contribution in [2.75, 3.05) is 26.7 Å². The first-order valence-corrected chi connectivity index (χ1v) is 6.60. The van der Waals surface area contributed by atoms with Crippen molar-refractivity contribution < 1.29 is 9.52 Å². The van der Waals surface area contributed by atoms with Gasteiger partial charge >= 0.3 is 5.76 Å². The summed E-state index contributed by atoms with van der Waals surface area (Å²) in [7, 11) is 2.08. The van der Waals surface area contributed by atoms with Gasteiger partial charge in [0.15, 0.2) is 5.58 Å². The number of nitrogens with one attached hydrogen (secondary N) is 1. The van der Waals surface area contributed by atoms with E-state index >= 15 is 0 Å². The SMILES string of the molecule is CN(CCCCO)CCc1ccc2oc(=O)[nH]c2c1. The third-order valence-electron chi connectivity index (χ3n) is 3.21. The number of hydrogen-bond acceptors (Lipinski definition) is 4. The van der Waals surface area contributed by atoms with E-state index in [1.807, 2.05) is 18.2 Å². The van der Waals surface area contributed by atoms with E-state index in [0.717, 1.165) is 37.9 Å². The zero-order chi connectivity index (χ0) is 13.7. The lowest BCUT2D eigenvalue weighted by Crippen LogP contribution is -2.22. The van der Waals surface area contributed by atoms with Crippen LogP contribution in [0.15, 0.2) is 27.4 Å². The number of oxazole rings is 1. The summed E-state index contributed by atoms with van der Waals surface area (Å²) in [6.45, 7) is 2.21. The van der Waals surface area contributed by atoms with Crippen molar-refractivity contribution in [2.45, 2.75) is 19.3 Å². The number of aliphatic hydroxyl groups excluding tert-OH is 1. The second-order valence-corrected chi connectivity index (χ2v) is 4.83. The number of hydrogen-bond donors (Lipinski definition) is 2. The van der Waals surface area contributed by atoms with Crippen LogP contribution in [0.5, 0.6) is 0 Å². The average Bonchev–Trinajstić information content (AvgIpc) is 2.76. The van der Waals surface area contributed by atoms with Gasteiger partial charge in [0.05, 0.1) is 5.52 Å². The molecule has 0 amide bonds. The molecule has 5 nitrogen and oxygen atoms in total. The molecule has 0 radical (unpaired) electrons. The number of benzene rings is 1. The highest BCUT2D eigenvalue weighted by molar-refractivity contribution is 5.72. The summed E-state index contributed by atoms with van der Waals surface area (Å²) in [6.07, 6.45) is 2.80. The van der Waals surface area contributed by atoms with Gasteiger partial charge in [-0.2, -0.15) is 0 Å². The Morgan fingerprint density at radius 1 is 1.32 bits per heavy atom. The van der Waals surface area contributed by atoms with Crippen molar-refractivity contribution in [2.24, 2.45) is 0 Å². The van der Waals surface area contributed by atoms with Crippen LogP contribution >= 0.6 is 0 Å². The molecule has 1 aromatic heterocycles. The van der Waals surface area contributed by atoms with E-state index in [-0.39, 0.29) is 6.61 Å². The Morgan fingerprint density at radius 3 is 2.95 bits per heavy atom. The van der Waals surface area contributed by atoms with Crippen LogP contribution in [0.2, 0.25) is 0 Å². The van der Waals surface area contributed by atoms with Gasteiger partial charge < -0.3 is 14.4 Å². The number of fused-ring (bicyclic) bond motifs is 1. The van der Waals surface area contributed by atoms with Gasteiger partial charge in [-0.15, -0.1) is 0 Å². The first kappa shape index (κ1) is 13.8. The van der Waals surface area contributed by atoms with Crippen LogP contribution in [0.4, 0.5) is 0 Å². The summed E-state index contributed by atoms with van der Waals surface area (Å²) in [5.74, 6) is -0.409. The van der Waals surface area contributed by atoms with E-state index in [2.05, 4.69) is 16.9 Å². The van der Waals surface area contributed by atoms with E-state index in [9.17, 15) is 4.79 Å². The molecule has 19 heavy (non-hydrogen) atoms. The Hall–Kier alpha value is -1.59. The van der Waals surface area contributed by atoms with Gasteiger partial charge in [0.1, 0.15) is 0 Å². The van der Waals surface area contributed by atoms with Crippen molar-refractivity contribution in [3.8, 4) is 0 Å². The van der Waals surface area contributed by atoms with E-state index < -0.39 is 5.76 Å². The molecule has 2 aromatic rings. The highest BCUT2D eigenvalue weighted by Gasteiger charge is 2.03. The van der Waals surface area contributed by atoms with Crippen molar-refractivity contribution in [3.05, 3.63) is 34.3 Å². The molecule has 2 rings (SSSR count). The van der Waals surface area contributed by atoms with Gasteiger partial charge in [0.2, 0.25) is 0 Å². The van der Waals surface area contributed by atoms with Gasteiger partial charge in [-0.1, -0.05) is 6.07 Å². The van der Waals surface area contributed by atoms with Crippen LogP contribution < -0.4 is 5.76 Å². The van der Waals surface area contributed by atoms with Gasteiger partial charge in [-0.25, -0.2) is 4.79 Å². The van der Waals surface area contributed by atoms with Crippen molar-refractivity contribution >= 4 is 11.1 Å². The normalized spacial score (nSPS) is 11.5. The third kappa shape index (κ3) is 3.94. The number of aromatic amines is 1. The maximum absolute atomic E-state index is 11.1. The highest BCUT2D eigenvalue weighted by atomic mass is 16.4. The van der Waals surface area contributed by atoms with Crippen LogP contribution in [-0.2, 0) is 6.42 Å². The zero-order valence-electron chi connectivity index (χ0n) is 11.2. The number of aromatic nitrogens is 1. The van der Waals surface area contributed by atoms with Crippen molar-refractivity contribution in [1.29, 1.82) is 0 Å². The molecule has 0 aliphatic carbocycles. The fourth-order valence-corrected chi connectivity index (χ4v) is 2.08. The molecule has 0 spiro atoms. The second-order valence-electron chi connectivity index (χ2n) is 4.83. The van der Waals surface area contributed by atoms with Crippen molar-refractivity contribution in [3.63, 3.8) is 0 Å². The van der Waals surface area contributed by atoms with Crippen LogP contribution in [0.25, 0.3) is 11.1 Å². The molecule has 0 aliphatic heterocycles. The molecule has 2 N–H and O–H groups in total. The molecular formula is C14H20N2O3. The van der Waals surface area contributed by atoms with E-state index in [1.165, 1.54) is 5.56 Å². The van der Waals surface area contributed by atoms with E-state index in [0.29, 0.717) is 5.58 Å². The third-order valence-corrected chi connectivity index (χ3v) is 3.21. The topological polar surface area (TPSA) is 69.5 Å². The van der Waals surface area contributed by atoms with Crippen LogP contribution in [0.1, 0.15) is 18.4 Å². The minimum atomic E-state index is -0.409. The highest BCUT2D eigenvalue weighted by Crippen LogP contribution is 2.12. The lowest BCUT2D eigenvalue weighted by atomic mass is 10.1. The van der Waals surface area contributed by atoms with E-state index in [4.69, 9.17) is 9.52 Å². The Kier molecular flexibility index (Phi) is 4.76. The largest absolute Gasteiger partial charge is 0.417 e. The molecule has 0 saturated carbocycles. The predicted octanol–water partition coefficient (Wildman–Crippen LogP) is 1.37. The molecule has 0 aliphatic rings. The molecular weight excluding hydrogens is 244 g/mol. The molecule has 0 saturated heterocycles. The molecule has 0 unspecified atom stereocenters. The summed E-state index contributed by atoms with van der Waals surface area (Å²) >= 11 is 0. The number of likely N-dealkylation sites (N-methyl/N-ethyl adjacent to an activating group) is 1. The average molecular weight is 264 g/mol. The minimum Gasteiger partial charge on any atom is -0.408 e. The molecule has 0 bridgehead atoms. The van der Waals surface area contributed by atoms with Crippen molar-refractivity contribution in [1.82, 2.24) is 9.88 Å². The molecule has 0 atom stereocenters. The van der Waals surface area contributed by atoms with Gasteiger partial charge in [0, 0.05) is 13.2 Å². The maximum atomic E-state index is 11.1. The summed E-state index contributed by atoms with van der Waals surface area (Å²) in [6, 6.07) is 5.77.